The summed E-state index contributed by atoms with van der Waals surface area (Å²) in [7, 11) is 0. The van der Waals surface area contributed by atoms with Gasteiger partial charge < -0.3 is 10.4 Å². The minimum atomic E-state index is -0.969. The number of anilines is 1. The molecule has 1 aliphatic rings. The van der Waals surface area contributed by atoms with Crippen LogP contribution in [0.2, 0.25) is 0 Å². The first-order chi connectivity index (χ1) is 8.13. The molecular weight excluding hydrogens is 225 g/mol. The average Bonchev–Trinajstić information content (AvgIpc) is 3.11. The predicted molar refractivity (Wildman–Crippen MR) is 59.1 cm³/mol. The molecule has 1 aromatic rings. The zero-order valence-electron chi connectivity index (χ0n) is 9.48. The summed E-state index contributed by atoms with van der Waals surface area (Å²) in [5, 5.41) is 11.7. The highest BCUT2D eigenvalue weighted by Gasteiger charge is 2.37. The Morgan fingerprint density at radius 1 is 1.65 bits per heavy atom. The second kappa shape index (κ2) is 4.65. The fourth-order valence-electron chi connectivity index (χ4n) is 1.71. The lowest BCUT2D eigenvalue weighted by atomic mass is 10.2. The lowest BCUT2D eigenvalue weighted by Gasteiger charge is -2.15. The van der Waals surface area contributed by atoms with Crippen LogP contribution in [0.4, 0.5) is 10.2 Å². The molecule has 1 fully saturated rings. The number of halogens is 1. The molecule has 0 aromatic carbocycles. The van der Waals surface area contributed by atoms with Crippen LogP contribution < -0.4 is 5.32 Å². The van der Waals surface area contributed by atoms with E-state index in [1.807, 2.05) is 0 Å². The van der Waals surface area contributed by atoms with Crippen molar-refractivity contribution in [3.05, 3.63) is 17.8 Å². The number of hydrogen-bond donors (Lipinski definition) is 2. The molecule has 1 saturated carbocycles. The van der Waals surface area contributed by atoms with E-state index in [4.69, 9.17) is 5.11 Å². The topological polar surface area (TPSA) is 75.1 Å². The van der Waals surface area contributed by atoms with E-state index in [0.717, 1.165) is 12.8 Å². The number of carbonyl (C=O) groups is 1. The lowest BCUT2D eigenvalue weighted by Crippen LogP contribution is -2.32. The maximum absolute atomic E-state index is 13.8. The molecule has 1 aromatic heterocycles. The summed E-state index contributed by atoms with van der Waals surface area (Å²) in [4.78, 5) is 18.6. The third-order valence-electron chi connectivity index (χ3n) is 2.85. The van der Waals surface area contributed by atoms with Gasteiger partial charge in [0.25, 0.3) is 0 Å². The number of nitrogens with zero attached hydrogens (tertiary/aromatic N) is 2. The van der Waals surface area contributed by atoms with Gasteiger partial charge in [0, 0.05) is 0 Å². The van der Waals surface area contributed by atoms with Gasteiger partial charge in [-0.05, 0) is 25.2 Å². The molecule has 1 atom stereocenters. The van der Waals surface area contributed by atoms with Crippen molar-refractivity contribution in [3.8, 4) is 0 Å². The standard InChI is InChI=1S/C11H14FN3O2/c1-2-7-8(12)10(14-5-13-7)15-9(11(16)17)6-3-4-6/h5-6,9H,2-4H2,1H3,(H,16,17)(H,13,14,15). The van der Waals surface area contributed by atoms with E-state index in [1.54, 1.807) is 6.92 Å². The molecule has 5 nitrogen and oxygen atoms in total. The van der Waals surface area contributed by atoms with Gasteiger partial charge in [0.1, 0.15) is 12.4 Å². The molecule has 17 heavy (non-hydrogen) atoms. The summed E-state index contributed by atoms with van der Waals surface area (Å²) < 4.78 is 13.8. The van der Waals surface area contributed by atoms with Gasteiger partial charge in [0.05, 0.1) is 5.69 Å². The number of rotatable bonds is 5. The molecule has 2 N–H and O–H groups in total. The van der Waals surface area contributed by atoms with Gasteiger partial charge in [-0.2, -0.15) is 0 Å². The molecule has 2 rings (SSSR count). The van der Waals surface area contributed by atoms with Crippen LogP contribution in [0, 0.1) is 11.7 Å². The second-order valence-corrected chi connectivity index (χ2v) is 4.13. The number of nitrogens with one attached hydrogen (secondary N) is 1. The van der Waals surface area contributed by atoms with Crippen LogP contribution >= 0.6 is 0 Å². The molecule has 0 radical (unpaired) electrons. The van der Waals surface area contributed by atoms with Crippen molar-refractivity contribution in [3.63, 3.8) is 0 Å². The van der Waals surface area contributed by atoms with Crippen LogP contribution in [0.15, 0.2) is 6.33 Å². The van der Waals surface area contributed by atoms with Gasteiger partial charge in [-0.25, -0.2) is 19.2 Å². The fourth-order valence-corrected chi connectivity index (χ4v) is 1.71. The summed E-state index contributed by atoms with van der Waals surface area (Å²) >= 11 is 0. The Balaban J connectivity index is 2.19. The van der Waals surface area contributed by atoms with Crippen LogP contribution in [0.3, 0.4) is 0 Å². The third kappa shape index (κ3) is 2.51. The van der Waals surface area contributed by atoms with Crippen molar-refractivity contribution in [1.82, 2.24) is 9.97 Å². The molecule has 0 saturated heterocycles. The van der Waals surface area contributed by atoms with Gasteiger partial charge in [0.2, 0.25) is 0 Å². The minimum absolute atomic E-state index is 0.0175. The van der Waals surface area contributed by atoms with Crippen LogP contribution in [-0.2, 0) is 11.2 Å². The maximum Gasteiger partial charge on any atom is 0.326 e. The Bertz CT molecular complexity index is 435. The number of carboxylic acids is 1. The van der Waals surface area contributed by atoms with Crippen molar-refractivity contribution in [2.24, 2.45) is 5.92 Å². The highest BCUT2D eigenvalue weighted by Crippen LogP contribution is 2.34. The highest BCUT2D eigenvalue weighted by atomic mass is 19.1. The van der Waals surface area contributed by atoms with Crippen LogP contribution in [0.25, 0.3) is 0 Å². The van der Waals surface area contributed by atoms with Crippen molar-refractivity contribution >= 4 is 11.8 Å². The van der Waals surface area contributed by atoms with E-state index in [-0.39, 0.29) is 11.7 Å². The molecule has 1 heterocycles. The fraction of sp³-hybridized carbons (Fsp3) is 0.545. The quantitative estimate of drug-likeness (QED) is 0.813. The van der Waals surface area contributed by atoms with Gasteiger partial charge in [-0.1, -0.05) is 6.92 Å². The average molecular weight is 239 g/mol. The maximum atomic E-state index is 13.8. The number of aryl methyl sites for hydroxylation is 1. The lowest BCUT2D eigenvalue weighted by molar-refractivity contribution is -0.138. The van der Waals surface area contributed by atoms with Gasteiger partial charge in [-0.15, -0.1) is 0 Å². The molecule has 6 heteroatoms. The summed E-state index contributed by atoms with van der Waals surface area (Å²) in [6, 6.07) is -0.760. The Hall–Kier alpha value is -1.72. The van der Waals surface area contributed by atoms with Crippen molar-refractivity contribution in [2.75, 3.05) is 5.32 Å². The molecular formula is C11H14FN3O2. The Kier molecular flexibility index (Phi) is 3.21. The molecule has 0 amide bonds. The van der Waals surface area contributed by atoms with Crippen LogP contribution in [0.1, 0.15) is 25.5 Å². The summed E-state index contributed by atoms with van der Waals surface area (Å²) in [6.07, 6.45) is 3.41. The Morgan fingerprint density at radius 2 is 2.35 bits per heavy atom. The Morgan fingerprint density at radius 3 is 2.88 bits per heavy atom. The Labute approximate surface area is 98.1 Å². The highest BCUT2D eigenvalue weighted by molar-refractivity contribution is 5.77. The monoisotopic (exact) mass is 239 g/mol. The van der Waals surface area contributed by atoms with E-state index < -0.39 is 17.8 Å². The first kappa shape index (κ1) is 11.8. The molecule has 1 aliphatic carbocycles. The predicted octanol–water partition coefficient (Wildman–Crippen LogP) is 1.45. The summed E-state index contributed by atoms with van der Waals surface area (Å²) in [5.74, 6) is -1.46. The summed E-state index contributed by atoms with van der Waals surface area (Å²) in [6.45, 7) is 1.78. The van der Waals surface area contributed by atoms with Crippen molar-refractivity contribution < 1.29 is 14.3 Å². The number of carboxylic acid groups (broad SMARTS) is 1. The first-order valence-corrected chi connectivity index (χ1v) is 5.62. The first-order valence-electron chi connectivity index (χ1n) is 5.62. The third-order valence-corrected chi connectivity index (χ3v) is 2.85. The van der Waals surface area contributed by atoms with E-state index in [0.29, 0.717) is 12.1 Å². The zero-order valence-corrected chi connectivity index (χ0v) is 9.48. The molecule has 92 valence electrons. The van der Waals surface area contributed by atoms with Gasteiger partial charge in [0.15, 0.2) is 11.6 Å². The zero-order chi connectivity index (χ0) is 12.4. The van der Waals surface area contributed by atoms with Gasteiger partial charge >= 0.3 is 5.97 Å². The number of aliphatic carboxylic acids is 1. The van der Waals surface area contributed by atoms with Gasteiger partial charge in [-0.3, -0.25) is 0 Å². The van der Waals surface area contributed by atoms with Crippen molar-refractivity contribution in [1.29, 1.82) is 0 Å². The smallest absolute Gasteiger partial charge is 0.326 e. The van der Waals surface area contributed by atoms with Crippen LogP contribution in [0.5, 0.6) is 0 Å². The largest absolute Gasteiger partial charge is 0.480 e. The van der Waals surface area contributed by atoms with Crippen molar-refractivity contribution in [2.45, 2.75) is 32.2 Å². The number of hydrogen-bond acceptors (Lipinski definition) is 4. The normalized spacial score (nSPS) is 16.6. The second-order valence-electron chi connectivity index (χ2n) is 4.13. The van der Waals surface area contributed by atoms with E-state index in [2.05, 4.69) is 15.3 Å². The van der Waals surface area contributed by atoms with E-state index in [9.17, 15) is 9.18 Å². The van der Waals surface area contributed by atoms with Crippen LogP contribution in [-0.4, -0.2) is 27.1 Å². The molecule has 1 unspecified atom stereocenters. The minimum Gasteiger partial charge on any atom is -0.480 e. The molecule has 0 bridgehead atoms. The SMILES string of the molecule is CCc1ncnc(NC(C(=O)O)C2CC2)c1F. The molecule has 0 aliphatic heterocycles. The van der Waals surface area contributed by atoms with E-state index in [1.165, 1.54) is 6.33 Å². The molecule has 0 spiro atoms. The van der Waals surface area contributed by atoms with E-state index >= 15 is 0 Å². The number of aromatic nitrogens is 2. The summed E-state index contributed by atoms with van der Waals surface area (Å²) in [5.41, 5.74) is 0.294.